The van der Waals surface area contributed by atoms with Gasteiger partial charge in [0.2, 0.25) is 5.91 Å². The maximum atomic E-state index is 12.5. The molecule has 1 saturated heterocycles. The SMILES string of the molecule is COc1ccc(N2C[C@@H](NC(=O)NCC[NH+](C)Cc3ccccc3)CC2=O)cc1OC. The van der Waals surface area contributed by atoms with E-state index in [1.807, 2.05) is 24.3 Å². The zero-order valence-corrected chi connectivity index (χ0v) is 18.3. The molecule has 1 aliphatic rings. The summed E-state index contributed by atoms with van der Waals surface area (Å²) < 4.78 is 10.6. The molecule has 1 aliphatic heterocycles. The zero-order chi connectivity index (χ0) is 22.2. The van der Waals surface area contributed by atoms with Gasteiger partial charge in [-0.05, 0) is 12.1 Å². The van der Waals surface area contributed by atoms with Crippen LogP contribution in [0.25, 0.3) is 0 Å². The first-order valence-corrected chi connectivity index (χ1v) is 10.4. The molecule has 166 valence electrons. The number of hydrogen-bond acceptors (Lipinski definition) is 4. The second-order valence-electron chi connectivity index (χ2n) is 7.71. The molecular formula is C23H31N4O4+. The molecule has 1 heterocycles. The number of amides is 3. The lowest BCUT2D eigenvalue weighted by molar-refractivity contribution is -0.892. The van der Waals surface area contributed by atoms with E-state index >= 15 is 0 Å². The summed E-state index contributed by atoms with van der Waals surface area (Å²) in [6.07, 6.45) is 0.265. The van der Waals surface area contributed by atoms with E-state index < -0.39 is 0 Å². The average Bonchev–Trinajstić information content (AvgIpc) is 3.13. The second-order valence-corrected chi connectivity index (χ2v) is 7.71. The molecule has 2 atom stereocenters. The first-order valence-electron chi connectivity index (χ1n) is 10.4. The van der Waals surface area contributed by atoms with Crippen molar-refractivity contribution in [3.8, 4) is 11.5 Å². The first kappa shape index (κ1) is 22.4. The molecule has 2 aromatic rings. The van der Waals surface area contributed by atoms with E-state index in [4.69, 9.17) is 9.47 Å². The Balaban J connectivity index is 1.44. The number of nitrogens with one attached hydrogen (secondary N) is 3. The molecule has 3 amide bonds. The standard InChI is InChI=1S/C23H30N4O4/c1-26(15-17-7-5-4-6-8-17)12-11-24-23(29)25-18-13-22(28)27(16-18)19-9-10-20(30-2)21(14-19)31-3/h4-10,14,18H,11-13,15-16H2,1-3H3,(H2,24,25,29)/p+1/t18-/m0/s1. The number of hydrogen-bond donors (Lipinski definition) is 3. The summed E-state index contributed by atoms with van der Waals surface area (Å²) in [4.78, 5) is 27.7. The van der Waals surface area contributed by atoms with Crippen LogP contribution in [0.3, 0.4) is 0 Å². The number of urea groups is 1. The Bertz CT molecular complexity index is 890. The van der Waals surface area contributed by atoms with Gasteiger partial charge in [-0.25, -0.2) is 4.79 Å². The van der Waals surface area contributed by atoms with Gasteiger partial charge in [0.25, 0.3) is 0 Å². The van der Waals surface area contributed by atoms with Crippen molar-refractivity contribution in [3.63, 3.8) is 0 Å². The van der Waals surface area contributed by atoms with Gasteiger partial charge in [-0.2, -0.15) is 0 Å². The molecule has 8 heteroatoms. The van der Waals surface area contributed by atoms with Crippen LogP contribution in [-0.4, -0.2) is 58.9 Å². The number of carbonyl (C=O) groups excluding carboxylic acids is 2. The number of benzene rings is 2. The van der Waals surface area contributed by atoms with Crippen molar-refractivity contribution in [1.82, 2.24) is 10.6 Å². The quantitative estimate of drug-likeness (QED) is 0.553. The first-order chi connectivity index (χ1) is 15.0. The van der Waals surface area contributed by atoms with Crippen LogP contribution in [0.15, 0.2) is 48.5 Å². The Morgan fingerprint density at radius 2 is 1.87 bits per heavy atom. The van der Waals surface area contributed by atoms with Gasteiger partial charge in [0, 0.05) is 30.3 Å². The zero-order valence-electron chi connectivity index (χ0n) is 18.3. The van der Waals surface area contributed by atoms with E-state index in [0.717, 1.165) is 18.8 Å². The Morgan fingerprint density at radius 3 is 2.58 bits per heavy atom. The van der Waals surface area contributed by atoms with Crippen LogP contribution in [0.4, 0.5) is 10.5 Å². The predicted molar refractivity (Wildman–Crippen MR) is 119 cm³/mol. The molecule has 1 unspecified atom stereocenters. The molecule has 3 N–H and O–H groups in total. The van der Waals surface area contributed by atoms with Crippen LogP contribution in [0.1, 0.15) is 12.0 Å². The average molecular weight is 428 g/mol. The Hall–Kier alpha value is -3.26. The Morgan fingerprint density at radius 1 is 1.13 bits per heavy atom. The van der Waals surface area contributed by atoms with Crippen molar-refractivity contribution < 1.29 is 24.0 Å². The van der Waals surface area contributed by atoms with E-state index in [9.17, 15) is 9.59 Å². The van der Waals surface area contributed by atoms with Crippen LogP contribution in [0.2, 0.25) is 0 Å². The molecule has 0 radical (unpaired) electrons. The molecule has 0 bridgehead atoms. The number of quaternary nitrogens is 1. The fraction of sp³-hybridized carbons (Fsp3) is 0.391. The summed E-state index contributed by atoms with van der Waals surface area (Å²) in [5.41, 5.74) is 1.99. The van der Waals surface area contributed by atoms with Crippen LogP contribution in [-0.2, 0) is 11.3 Å². The van der Waals surface area contributed by atoms with Gasteiger partial charge < -0.3 is 29.9 Å². The maximum Gasteiger partial charge on any atom is 0.315 e. The third-order valence-corrected chi connectivity index (χ3v) is 5.33. The largest absolute Gasteiger partial charge is 0.493 e. The fourth-order valence-electron chi connectivity index (χ4n) is 3.71. The number of carbonyl (C=O) groups is 2. The lowest BCUT2D eigenvalue weighted by Gasteiger charge is -2.19. The topological polar surface area (TPSA) is 84.3 Å². The third-order valence-electron chi connectivity index (χ3n) is 5.33. The minimum absolute atomic E-state index is 0.0374. The minimum Gasteiger partial charge on any atom is -0.493 e. The maximum absolute atomic E-state index is 12.5. The van der Waals surface area contributed by atoms with Crippen LogP contribution in [0, 0.1) is 0 Å². The van der Waals surface area contributed by atoms with Crippen molar-refractivity contribution in [2.24, 2.45) is 0 Å². The van der Waals surface area contributed by atoms with Crippen molar-refractivity contribution in [2.75, 3.05) is 45.8 Å². The van der Waals surface area contributed by atoms with Crippen LogP contribution >= 0.6 is 0 Å². The highest BCUT2D eigenvalue weighted by atomic mass is 16.5. The molecule has 0 saturated carbocycles. The predicted octanol–water partition coefficient (Wildman–Crippen LogP) is 0.823. The van der Waals surface area contributed by atoms with E-state index in [0.29, 0.717) is 24.6 Å². The summed E-state index contributed by atoms with van der Waals surface area (Å²) >= 11 is 0. The van der Waals surface area contributed by atoms with Crippen molar-refractivity contribution in [1.29, 1.82) is 0 Å². The molecule has 2 aromatic carbocycles. The van der Waals surface area contributed by atoms with E-state index in [2.05, 4.69) is 29.8 Å². The lowest BCUT2D eigenvalue weighted by atomic mass is 10.2. The number of likely N-dealkylation sites (N-methyl/N-ethyl adjacent to an activating group) is 1. The highest BCUT2D eigenvalue weighted by Gasteiger charge is 2.32. The van der Waals surface area contributed by atoms with E-state index in [1.165, 1.54) is 10.5 Å². The summed E-state index contributed by atoms with van der Waals surface area (Å²) in [5, 5.41) is 5.80. The summed E-state index contributed by atoms with van der Waals surface area (Å²) in [6.45, 7) is 2.69. The van der Waals surface area contributed by atoms with Gasteiger partial charge in [0.1, 0.15) is 6.54 Å². The Kier molecular flexibility index (Phi) is 7.72. The van der Waals surface area contributed by atoms with Crippen molar-refractivity contribution in [2.45, 2.75) is 19.0 Å². The van der Waals surface area contributed by atoms with Crippen molar-refractivity contribution in [3.05, 3.63) is 54.1 Å². The van der Waals surface area contributed by atoms with Crippen LogP contribution < -0.4 is 29.9 Å². The smallest absolute Gasteiger partial charge is 0.315 e. The number of methoxy groups -OCH3 is 2. The molecule has 3 rings (SSSR count). The molecular weight excluding hydrogens is 396 g/mol. The van der Waals surface area contributed by atoms with Crippen molar-refractivity contribution >= 4 is 17.6 Å². The number of anilines is 1. The summed E-state index contributed by atoms with van der Waals surface area (Å²) in [5.74, 6) is 1.12. The normalized spacial score (nSPS) is 16.7. The Labute approximate surface area is 183 Å². The number of rotatable bonds is 9. The highest BCUT2D eigenvalue weighted by molar-refractivity contribution is 5.97. The molecule has 31 heavy (non-hydrogen) atoms. The van der Waals surface area contributed by atoms with Gasteiger partial charge in [0.15, 0.2) is 11.5 Å². The summed E-state index contributed by atoms with van der Waals surface area (Å²) in [6, 6.07) is 15.1. The molecule has 0 aromatic heterocycles. The lowest BCUT2D eigenvalue weighted by Crippen LogP contribution is -3.08. The minimum atomic E-state index is -0.250. The monoisotopic (exact) mass is 427 g/mol. The van der Waals surface area contributed by atoms with E-state index in [-0.39, 0.29) is 24.4 Å². The second kappa shape index (κ2) is 10.7. The van der Waals surface area contributed by atoms with Gasteiger partial charge in [-0.3, -0.25) is 4.79 Å². The number of ether oxygens (including phenoxy) is 2. The molecule has 1 fully saturated rings. The third kappa shape index (κ3) is 6.11. The number of nitrogens with zero attached hydrogens (tertiary/aromatic N) is 1. The molecule has 0 aliphatic carbocycles. The van der Waals surface area contributed by atoms with Gasteiger partial charge in [0.05, 0.1) is 40.4 Å². The molecule has 8 nitrogen and oxygen atoms in total. The van der Waals surface area contributed by atoms with Crippen LogP contribution in [0.5, 0.6) is 11.5 Å². The van der Waals surface area contributed by atoms with Gasteiger partial charge >= 0.3 is 6.03 Å². The highest BCUT2D eigenvalue weighted by Crippen LogP contribution is 2.33. The molecule has 0 spiro atoms. The summed E-state index contributed by atoms with van der Waals surface area (Å²) in [7, 11) is 5.22. The van der Waals surface area contributed by atoms with Gasteiger partial charge in [-0.15, -0.1) is 0 Å². The van der Waals surface area contributed by atoms with E-state index in [1.54, 1.807) is 31.3 Å². The fourth-order valence-corrected chi connectivity index (χ4v) is 3.71. The van der Waals surface area contributed by atoms with Gasteiger partial charge in [-0.1, -0.05) is 30.3 Å².